The molecule has 104 valence electrons. The molecule has 0 saturated carbocycles. The Labute approximate surface area is 114 Å². The zero-order valence-corrected chi connectivity index (χ0v) is 11.8. The Kier molecular flexibility index (Phi) is 3.98. The number of nitrogens with zero attached hydrogens (tertiary/aromatic N) is 1. The standard InChI is InChI=1S/C15H22N2O2/c1-10-5-4-6-11(2)17(10)15(18)12-7-8-14(19-3)13(16)9-12/h7-11H,4-6,16H2,1-3H3/t10-,11-/m1/s1. The van der Waals surface area contributed by atoms with Crippen LogP contribution in [-0.2, 0) is 0 Å². The molecule has 1 heterocycles. The van der Waals surface area contributed by atoms with Crippen molar-refractivity contribution in [1.29, 1.82) is 0 Å². The highest BCUT2D eigenvalue weighted by atomic mass is 16.5. The lowest BCUT2D eigenvalue weighted by atomic mass is 9.96. The molecule has 2 atom stereocenters. The molecule has 1 amide bonds. The fourth-order valence-electron chi connectivity index (χ4n) is 2.84. The fourth-order valence-corrected chi connectivity index (χ4v) is 2.84. The zero-order valence-electron chi connectivity index (χ0n) is 11.8. The predicted molar refractivity (Wildman–Crippen MR) is 76.4 cm³/mol. The van der Waals surface area contributed by atoms with Crippen LogP contribution >= 0.6 is 0 Å². The Balaban J connectivity index is 2.25. The summed E-state index contributed by atoms with van der Waals surface area (Å²) in [5, 5.41) is 0. The van der Waals surface area contributed by atoms with E-state index in [1.165, 1.54) is 6.42 Å². The maximum atomic E-state index is 12.6. The highest BCUT2D eigenvalue weighted by molar-refractivity contribution is 5.96. The van der Waals surface area contributed by atoms with Gasteiger partial charge in [0.1, 0.15) is 5.75 Å². The number of anilines is 1. The Morgan fingerprint density at radius 3 is 2.47 bits per heavy atom. The minimum Gasteiger partial charge on any atom is -0.495 e. The highest BCUT2D eigenvalue weighted by Crippen LogP contribution is 2.27. The van der Waals surface area contributed by atoms with Gasteiger partial charge in [0.25, 0.3) is 5.91 Å². The van der Waals surface area contributed by atoms with Crippen molar-refractivity contribution in [2.75, 3.05) is 12.8 Å². The van der Waals surface area contributed by atoms with Gasteiger partial charge in [-0.2, -0.15) is 0 Å². The summed E-state index contributed by atoms with van der Waals surface area (Å²) in [5.41, 5.74) is 7.02. The molecular formula is C15H22N2O2. The number of rotatable bonds is 2. The molecular weight excluding hydrogens is 240 g/mol. The summed E-state index contributed by atoms with van der Waals surface area (Å²) in [6.07, 6.45) is 3.33. The van der Waals surface area contributed by atoms with E-state index in [0.29, 0.717) is 29.1 Å². The van der Waals surface area contributed by atoms with Gasteiger partial charge >= 0.3 is 0 Å². The van der Waals surface area contributed by atoms with Gasteiger partial charge in [0, 0.05) is 17.6 Å². The highest BCUT2D eigenvalue weighted by Gasteiger charge is 2.29. The van der Waals surface area contributed by atoms with E-state index < -0.39 is 0 Å². The van der Waals surface area contributed by atoms with Gasteiger partial charge in [-0.25, -0.2) is 0 Å². The van der Waals surface area contributed by atoms with Crippen molar-refractivity contribution in [2.24, 2.45) is 0 Å². The van der Waals surface area contributed by atoms with Crippen molar-refractivity contribution < 1.29 is 9.53 Å². The minimum atomic E-state index is 0.0639. The van der Waals surface area contributed by atoms with Crippen molar-refractivity contribution in [3.63, 3.8) is 0 Å². The number of nitrogens with two attached hydrogens (primary N) is 1. The molecule has 0 spiro atoms. The molecule has 0 aliphatic carbocycles. The van der Waals surface area contributed by atoms with Crippen LogP contribution in [0.15, 0.2) is 18.2 Å². The molecule has 0 radical (unpaired) electrons. The number of likely N-dealkylation sites (tertiary alicyclic amines) is 1. The van der Waals surface area contributed by atoms with Crippen molar-refractivity contribution in [3.05, 3.63) is 23.8 Å². The summed E-state index contributed by atoms with van der Waals surface area (Å²) in [5.74, 6) is 0.672. The van der Waals surface area contributed by atoms with Crippen molar-refractivity contribution >= 4 is 11.6 Å². The number of nitrogen functional groups attached to an aromatic ring is 1. The first-order valence-electron chi connectivity index (χ1n) is 6.80. The molecule has 1 aromatic rings. The molecule has 1 saturated heterocycles. The zero-order chi connectivity index (χ0) is 14.0. The minimum absolute atomic E-state index is 0.0639. The second-order valence-electron chi connectivity index (χ2n) is 5.30. The van der Waals surface area contributed by atoms with Crippen LogP contribution in [0.5, 0.6) is 5.75 Å². The summed E-state index contributed by atoms with van der Waals surface area (Å²) in [6.45, 7) is 4.22. The lowest BCUT2D eigenvalue weighted by Gasteiger charge is -2.39. The molecule has 0 bridgehead atoms. The first-order chi connectivity index (χ1) is 9.04. The van der Waals surface area contributed by atoms with E-state index in [-0.39, 0.29) is 5.91 Å². The van der Waals surface area contributed by atoms with E-state index in [4.69, 9.17) is 10.5 Å². The number of hydrogen-bond donors (Lipinski definition) is 1. The van der Waals surface area contributed by atoms with E-state index >= 15 is 0 Å². The number of piperidine rings is 1. The largest absolute Gasteiger partial charge is 0.495 e. The third kappa shape index (κ3) is 2.67. The average Bonchev–Trinajstić information content (AvgIpc) is 2.38. The number of hydrogen-bond acceptors (Lipinski definition) is 3. The number of amides is 1. The van der Waals surface area contributed by atoms with Gasteiger partial charge in [-0.1, -0.05) is 0 Å². The Bertz CT molecular complexity index is 463. The molecule has 4 heteroatoms. The van der Waals surface area contributed by atoms with Gasteiger partial charge < -0.3 is 15.4 Å². The van der Waals surface area contributed by atoms with Gasteiger partial charge in [-0.05, 0) is 51.3 Å². The van der Waals surface area contributed by atoms with Crippen molar-refractivity contribution in [3.8, 4) is 5.75 Å². The number of benzene rings is 1. The van der Waals surface area contributed by atoms with E-state index in [1.807, 2.05) is 4.90 Å². The van der Waals surface area contributed by atoms with Crippen LogP contribution in [0.4, 0.5) is 5.69 Å². The summed E-state index contributed by atoms with van der Waals surface area (Å²) in [7, 11) is 1.57. The van der Waals surface area contributed by atoms with E-state index in [1.54, 1.807) is 25.3 Å². The topological polar surface area (TPSA) is 55.6 Å². The second-order valence-corrected chi connectivity index (χ2v) is 5.30. The monoisotopic (exact) mass is 262 g/mol. The Morgan fingerprint density at radius 1 is 1.32 bits per heavy atom. The van der Waals surface area contributed by atoms with Gasteiger partial charge in [0.2, 0.25) is 0 Å². The van der Waals surface area contributed by atoms with Crippen LogP contribution in [0.2, 0.25) is 0 Å². The molecule has 1 fully saturated rings. The number of carbonyl (C=O) groups excluding carboxylic acids is 1. The lowest BCUT2D eigenvalue weighted by molar-refractivity contribution is 0.0511. The predicted octanol–water partition coefficient (Wildman–Crippen LogP) is 2.68. The molecule has 0 aromatic heterocycles. The first-order valence-corrected chi connectivity index (χ1v) is 6.80. The second kappa shape index (κ2) is 5.51. The average molecular weight is 262 g/mol. The first kappa shape index (κ1) is 13.7. The lowest BCUT2D eigenvalue weighted by Crippen LogP contribution is -2.47. The van der Waals surface area contributed by atoms with Crippen LogP contribution in [0.1, 0.15) is 43.5 Å². The molecule has 0 unspecified atom stereocenters. The maximum Gasteiger partial charge on any atom is 0.254 e. The van der Waals surface area contributed by atoms with Crippen LogP contribution in [0.25, 0.3) is 0 Å². The van der Waals surface area contributed by atoms with Gasteiger partial charge in [0.05, 0.1) is 12.8 Å². The van der Waals surface area contributed by atoms with Crippen LogP contribution in [-0.4, -0.2) is 30.0 Å². The third-order valence-electron chi connectivity index (χ3n) is 3.90. The Morgan fingerprint density at radius 2 is 1.95 bits per heavy atom. The SMILES string of the molecule is COc1ccc(C(=O)N2[C@H](C)CCC[C@H]2C)cc1N. The van der Waals surface area contributed by atoms with Crippen LogP contribution in [0, 0.1) is 0 Å². The molecule has 19 heavy (non-hydrogen) atoms. The third-order valence-corrected chi connectivity index (χ3v) is 3.90. The van der Waals surface area contributed by atoms with E-state index in [0.717, 1.165) is 12.8 Å². The molecule has 1 aliphatic rings. The molecule has 4 nitrogen and oxygen atoms in total. The van der Waals surface area contributed by atoms with E-state index in [9.17, 15) is 4.79 Å². The Hall–Kier alpha value is -1.71. The van der Waals surface area contributed by atoms with Crippen molar-refractivity contribution in [1.82, 2.24) is 4.90 Å². The molecule has 2 rings (SSSR count). The maximum absolute atomic E-state index is 12.6. The van der Waals surface area contributed by atoms with Crippen LogP contribution < -0.4 is 10.5 Å². The van der Waals surface area contributed by atoms with Gasteiger partial charge in [-0.15, -0.1) is 0 Å². The molecule has 1 aromatic carbocycles. The fraction of sp³-hybridized carbons (Fsp3) is 0.533. The smallest absolute Gasteiger partial charge is 0.254 e. The van der Waals surface area contributed by atoms with Gasteiger partial charge in [0.15, 0.2) is 0 Å². The van der Waals surface area contributed by atoms with E-state index in [2.05, 4.69) is 13.8 Å². The number of methoxy groups -OCH3 is 1. The van der Waals surface area contributed by atoms with Crippen LogP contribution in [0.3, 0.4) is 0 Å². The van der Waals surface area contributed by atoms with Gasteiger partial charge in [-0.3, -0.25) is 4.79 Å². The van der Waals surface area contributed by atoms with Crippen molar-refractivity contribution in [2.45, 2.75) is 45.2 Å². The number of ether oxygens (including phenoxy) is 1. The quantitative estimate of drug-likeness (QED) is 0.834. The summed E-state index contributed by atoms with van der Waals surface area (Å²) >= 11 is 0. The normalized spacial score (nSPS) is 23.2. The summed E-state index contributed by atoms with van der Waals surface area (Å²) in [6, 6.07) is 5.82. The number of carbonyl (C=O) groups is 1. The molecule has 2 N–H and O–H groups in total. The molecule has 1 aliphatic heterocycles. The summed E-state index contributed by atoms with van der Waals surface area (Å²) in [4.78, 5) is 14.6. The summed E-state index contributed by atoms with van der Waals surface area (Å²) < 4.78 is 5.12.